The van der Waals surface area contributed by atoms with Crippen LogP contribution in [0.25, 0.3) is 0 Å². The van der Waals surface area contributed by atoms with Crippen molar-refractivity contribution in [3.05, 3.63) is 39.8 Å². The molecule has 0 radical (unpaired) electrons. The Balaban J connectivity index is 1.95. The van der Waals surface area contributed by atoms with Crippen molar-refractivity contribution in [2.75, 3.05) is 23.3 Å². The van der Waals surface area contributed by atoms with E-state index in [0.29, 0.717) is 16.7 Å². The molecule has 9 heteroatoms. The van der Waals surface area contributed by atoms with Crippen LogP contribution in [0.1, 0.15) is 19.3 Å². The average molecular weight is 335 g/mol. The molecule has 0 amide bonds. The van der Waals surface area contributed by atoms with Crippen LogP contribution >= 0.6 is 11.6 Å². The number of rotatable bonds is 4. The summed E-state index contributed by atoms with van der Waals surface area (Å²) in [4.78, 5) is 25.2. The van der Waals surface area contributed by atoms with Gasteiger partial charge in [-0.05, 0) is 31.4 Å². The Morgan fingerprint density at radius 2 is 1.96 bits per heavy atom. The van der Waals surface area contributed by atoms with E-state index in [4.69, 9.17) is 11.6 Å². The summed E-state index contributed by atoms with van der Waals surface area (Å²) in [6.45, 7) is 1.52. The zero-order chi connectivity index (χ0) is 16.2. The van der Waals surface area contributed by atoms with Gasteiger partial charge in [-0.3, -0.25) is 10.1 Å². The number of hydrogen-bond acceptors (Lipinski definition) is 7. The zero-order valence-corrected chi connectivity index (χ0v) is 13.0. The number of hydrogen-bond donors (Lipinski definition) is 1. The maximum Gasteiger partial charge on any atom is 0.353 e. The van der Waals surface area contributed by atoms with Crippen molar-refractivity contribution in [1.82, 2.24) is 15.0 Å². The van der Waals surface area contributed by atoms with Crippen LogP contribution < -0.4 is 10.2 Å². The molecule has 3 heterocycles. The highest BCUT2D eigenvalue weighted by Crippen LogP contribution is 2.34. The van der Waals surface area contributed by atoms with Gasteiger partial charge in [0.2, 0.25) is 11.6 Å². The third kappa shape index (κ3) is 3.48. The van der Waals surface area contributed by atoms with Gasteiger partial charge in [0.1, 0.15) is 12.1 Å². The number of nitrogens with one attached hydrogen (secondary N) is 1. The second-order valence-electron chi connectivity index (χ2n) is 5.19. The van der Waals surface area contributed by atoms with Crippen LogP contribution in [0, 0.1) is 10.1 Å². The van der Waals surface area contributed by atoms with Crippen molar-refractivity contribution < 1.29 is 4.92 Å². The molecule has 120 valence electrons. The molecule has 1 fully saturated rings. The topological polar surface area (TPSA) is 97.1 Å². The minimum Gasteiger partial charge on any atom is -0.351 e. The first-order valence-corrected chi connectivity index (χ1v) is 7.66. The van der Waals surface area contributed by atoms with Gasteiger partial charge in [0.15, 0.2) is 0 Å². The quantitative estimate of drug-likeness (QED) is 0.677. The number of piperidine rings is 1. The Bertz CT molecular complexity index is 703. The lowest BCUT2D eigenvalue weighted by Crippen LogP contribution is -2.31. The third-order valence-corrected chi connectivity index (χ3v) is 3.84. The second kappa shape index (κ2) is 6.74. The standard InChI is InChI=1S/C14H15ClN6O2/c15-10-4-5-11(16-8-10)19-13-12(21(22)23)14(18-9-17-13)20-6-2-1-3-7-20/h4-5,8-9H,1-3,6-7H2,(H,16,17,18,19). The van der Waals surface area contributed by atoms with Crippen LogP contribution in [-0.2, 0) is 0 Å². The van der Waals surface area contributed by atoms with Crippen LogP contribution in [0.5, 0.6) is 0 Å². The fraction of sp³-hybridized carbons (Fsp3) is 0.357. The summed E-state index contributed by atoms with van der Waals surface area (Å²) in [7, 11) is 0. The van der Waals surface area contributed by atoms with Gasteiger partial charge < -0.3 is 10.2 Å². The van der Waals surface area contributed by atoms with Crippen LogP contribution in [0.15, 0.2) is 24.7 Å². The van der Waals surface area contributed by atoms with Crippen molar-refractivity contribution in [3.63, 3.8) is 0 Å². The molecule has 0 spiro atoms. The second-order valence-corrected chi connectivity index (χ2v) is 5.62. The number of halogens is 1. The van der Waals surface area contributed by atoms with Gasteiger partial charge in [0, 0.05) is 19.3 Å². The highest BCUT2D eigenvalue weighted by molar-refractivity contribution is 6.30. The van der Waals surface area contributed by atoms with Crippen molar-refractivity contribution >= 4 is 34.7 Å². The van der Waals surface area contributed by atoms with E-state index < -0.39 is 4.92 Å². The van der Waals surface area contributed by atoms with E-state index in [1.807, 2.05) is 4.90 Å². The molecule has 0 bridgehead atoms. The van der Waals surface area contributed by atoms with E-state index in [1.54, 1.807) is 12.1 Å². The van der Waals surface area contributed by atoms with Crippen molar-refractivity contribution in [2.45, 2.75) is 19.3 Å². The lowest BCUT2D eigenvalue weighted by molar-refractivity contribution is -0.383. The predicted octanol–water partition coefficient (Wildman–Crippen LogP) is 3.17. The van der Waals surface area contributed by atoms with E-state index in [1.165, 1.54) is 12.5 Å². The van der Waals surface area contributed by atoms with Gasteiger partial charge in [-0.2, -0.15) is 0 Å². The highest BCUT2D eigenvalue weighted by atomic mass is 35.5. The molecule has 1 saturated heterocycles. The molecule has 8 nitrogen and oxygen atoms in total. The number of aromatic nitrogens is 3. The molecule has 0 aromatic carbocycles. The zero-order valence-electron chi connectivity index (χ0n) is 12.3. The van der Waals surface area contributed by atoms with Gasteiger partial charge in [0.25, 0.3) is 0 Å². The summed E-state index contributed by atoms with van der Waals surface area (Å²) >= 11 is 5.79. The van der Waals surface area contributed by atoms with Gasteiger partial charge in [-0.1, -0.05) is 11.6 Å². The van der Waals surface area contributed by atoms with Crippen LogP contribution in [0.2, 0.25) is 5.02 Å². The first kappa shape index (κ1) is 15.4. The lowest BCUT2D eigenvalue weighted by atomic mass is 10.1. The molecule has 3 rings (SSSR count). The molecule has 1 aliphatic rings. The lowest BCUT2D eigenvalue weighted by Gasteiger charge is -2.27. The number of nitrogens with zero attached hydrogens (tertiary/aromatic N) is 5. The van der Waals surface area contributed by atoms with Crippen molar-refractivity contribution in [1.29, 1.82) is 0 Å². The average Bonchev–Trinajstić information content (AvgIpc) is 2.57. The Morgan fingerprint density at radius 1 is 1.17 bits per heavy atom. The molecule has 0 atom stereocenters. The fourth-order valence-electron chi connectivity index (χ4n) is 2.54. The van der Waals surface area contributed by atoms with E-state index in [2.05, 4.69) is 20.3 Å². The maximum absolute atomic E-state index is 11.5. The normalized spacial score (nSPS) is 14.6. The number of nitro groups is 1. The maximum atomic E-state index is 11.5. The monoisotopic (exact) mass is 334 g/mol. The van der Waals surface area contributed by atoms with E-state index >= 15 is 0 Å². The summed E-state index contributed by atoms with van der Waals surface area (Å²) in [5.74, 6) is 0.905. The number of pyridine rings is 1. The van der Waals surface area contributed by atoms with Crippen molar-refractivity contribution in [3.8, 4) is 0 Å². The van der Waals surface area contributed by atoms with Gasteiger partial charge >= 0.3 is 5.69 Å². The van der Waals surface area contributed by atoms with Gasteiger partial charge in [-0.15, -0.1) is 0 Å². The molecule has 23 heavy (non-hydrogen) atoms. The Hall–Kier alpha value is -2.48. The molecule has 1 N–H and O–H groups in total. The van der Waals surface area contributed by atoms with Crippen LogP contribution in [0.4, 0.5) is 23.1 Å². The number of anilines is 3. The summed E-state index contributed by atoms with van der Waals surface area (Å²) in [5.41, 5.74) is -0.133. The molecule has 0 aliphatic carbocycles. The first-order valence-electron chi connectivity index (χ1n) is 7.28. The molecule has 0 unspecified atom stereocenters. The Labute approximate surface area is 137 Å². The molecule has 2 aromatic heterocycles. The van der Waals surface area contributed by atoms with E-state index in [9.17, 15) is 10.1 Å². The van der Waals surface area contributed by atoms with Crippen LogP contribution in [-0.4, -0.2) is 33.0 Å². The Kier molecular flexibility index (Phi) is 4.52. The molecule has 1 aliphatic heterocycles. The largest absolute Gasteiger partial charge is 0.353 e. The van der Waals surface area contributed by atoms with Gasteiger partial charge in [-0.25, -0.2) is 15.0 Å². The summed E-state index contributed by atoms with van der Waals surface area (Å²) in [5, 5.41) is 14.9. The molecular formula is C14H15ClN6O2. The first-order chi connectivity index (χ1) is 11.1. The predicted molar refractivity (Wildman–Crippen MR) is 87.3 cm³/mol. The minimum absolute atomic E-state index is 0.125. The fourth-order valence-corrected chi connectivity index (χ4v) is 2.65. The summed E-state index contributed by atoms with van der Waals surface area (Å²) < 4.78 is 0. The third-order valence-electron chi connectivity index (χ3n) is 3.61. The highest BCUT2D eigenvalue weighted by Gasteiger charge is 2.28. The SMILES string of the molecule is O=[N+]([O-])c1c(Nc2ccc(Cl)cn2)ncnc1N1CCCCC1. The van der Waals surface area contributed by atoms with Crippen molar-refractivity contribution in [2.24, 2.45) is 0 Å². The minimum atomic E-state index is -0.456. The van der Waals surface area contributed by atoms with Crippen LogP contribution in [0.3, 0.4) is 0 Å². The van der Waals surface area contributed by atoms with Gasteiger partial charge in [0.05, 0.1) is 9.95 Å². The Morgan fingerprint density at radius 3 is 2.61 bits per heavy atom. The van der Waals surface area contributed by atoms with E-state index in [0.717, 1.165) is 32.4 Å². The molecular weight excluding hydrogens is 320 g/mol. The summed E-state index contributed by atoms with van der Waals surface area (Å²) in [6.07, 6.45) is 5.93. The van der Waals surface area contributed by atoms with E-state index in [-0.39, 0.29) is 11.5 Å². The molecule has 2 aromatic rings. The molecule has 0 saturated carbocycles. The summed E-state index contributed by atoms with van der Waals surface area (Å²) in [6, 6.07) is 3.28. The smallest absolute Gasteiger partial charge is 0.351 e.